The quantitative estimate of drug-likeness (QED) is 0.711. The highest BCUT2D eigenvalue weighted by Crippen LogP contribution is 2.31. The van der Waals surface area contributed by atoms with Crippen LogP contribution in [0.3, 0.4) is 0 Å². The highest BCUT2D eigenvalue weighted by molar-refractivity contribution is 5.93. The van der Waals surface area contributed by atoms with E-state index in [9.17, 15) is 0 Å². The number of rotatable bonds is 5. The first-order chi connectivity index (χ1) is 11.1. The topological polar surface area (TPSA) is 49.4 Å². The van der Waals surface area contributed by atoms with Gasteiger partial charge in [0.1, 0.15) is 6.61 Å². The van der Waals surface area contributed by atoms with E-state index in [-0.39, 0.29) is 0 Å². The number of hydrogen-bond donors (Lipinski definition) is 1. The Morgan fingerprint density at radius 3 is 2.48 bits per heavy atom. The third kappa shape index (κ3) is 2.84. The van der Waals surface area contributed by atoms with Gasteiger partial charge in [0.2, 0.25) is 0 Å². The molecule has 3 rings (SSSR count). The Labute approximate surface area is 136 Å². The summed E-state index contributed by atoms with van der Waals surface area (Å²) in [4.78, 5) is 0. The van der Waals surface area contributed by atoms with Gasteiger partial charge in [-0.2, -0.15) is 0 Å². The van der Waals surface area contributed by atoms with Gasteiger partial charge in [0.15, 0.2) is 11.5 Å². The minimum absolute atomic E-state index is 0.335. The fourth-order valence-electron chi connectivity index (χ4n) is 2.83. The van der Waals surface area contributed by atoms with E-state index in [0.29, 0.717) is 12.6 Å². The van der Waals surface area contributed by atoms with Gasteiger partial charge >= 0.3 is 0 Å². The van der Waals surface area contributed by atoms with Crippen LogP contribution in [0.5, 0.6) is 11.5 Å². The molecule has 0 saturated heterocycles. The van der Waals surface area contributed by atoms with Crippen LogP contribution in [-0.4, -0.2) is 11.7 Å². The molecule has 0 atom stereocenters. The zero-order valence-electron chi connectivity index (χ0n) is 13.7. The number of nitrogens with zero attached hydrogens (tertiary/aromatic N) is 1. The van der Waals surface area contributed by atoms with E-state index in [0.717, 1.165) is 33.7 Å². The van der Waals surface area contributed by atoms with Crippen molar-refractivity contribution in [3.05, 3.63) is 54.2 Å². The van der Waals surface area contributed by atoms with E-state index in [1.54, 1.807) is 7.11 Å². The maximum atomic E-state index is 6.18. The van der Waals surface area contributed by atoms with E-state index < -0.39 is 0 Å². The van der Waals surface area contributed by atoms with Gasteiger partial charge in [-0.15, -0.1) is 0 Å². The van der Waals surface area contributed by atoms with E-state index in [1.807, 2.05) is 36.4 Å². The summed E-state index contributed by atoms with van der Waals surface area (Å²) >= 11 is 0. The lowest BCUT2D eigenvalue weighted by Crippen LogP contribution is -2.00. The van der Waals surface area contributed by atoms with Crippen molar-refractivity contribution in [1.29, 1.82) is 0 Å². The normalized spacial score (nSPS) is 11.1. The van der Waals surface area contributed by atoms with Crippen molar-refractivity contribution in [2.24, 2.45) is 0 Å². The summed E-state index contributed by atoms with van der Waals surface area (Å²) in [6, 6.07) is 14.0. The average Bonchev–Trinajstić information content (AvgIpc) is 2.93. The van der Waals surface area contributed by atoms with Crippen molar-refractivity contribution in [1.82, 2.24) is 4.57 Å². The summed E-state index contributed by atoms with van der Waals surface area (Å²) < 4.78 is 13.5. The smallest absolute Gasteiger partial charge is 0.161 e. The predicted octanol–water partition coefficient (Wildman–Crippen LogP) is 4.39. The number of fused-ring (bicyclic) bond motifs is 1. The lowest BCUT2D eigenvalue weighted by atomic mass is 10.1. The van der Waals surface area contributed by atoms with Gasteiger partial charge in [-0.05, 0) is 32.0 Å². The minimum atomic E-state index is 0.335. The first-order valence-electron chi connectivity index (χ1n) is 7.75. The van der Waals surface area contributed by atoms with Crippen molar-refractivity contribution >= 4 is 16.6 Å². The van der Waals surface area contributed by atoms with Crippen LogP contribution in [0.15, 0.2) is 48.7 Å². The van der Waals surface area contributed by atoms with E-state index >= 15 is 0 Å². The molecular weight excluding hydrogens is 288 g/mol. The molecule has 1 aromatic heterocycles. The molecule has 2 aromatic carbocycles. The molecule has 2 N–H and O–H groups in total. The fraction of sp³-hybridized carbons (Fsp3) is 0.263. The summed E-state index contributed by atoms with van der Waals surface area (Å²) in [6.45, 7) is 4.77. The number of nitrogen functional groups attached to an aromatic ring is 1. The standard InChI is InChI=1S/C19H22N2O2/c1-13(2)21-11-14(15-7-6-8-16(20)19(15)21)12-23-18-10-5-4-9-17(18)22-3/h4-11,13H,12,20H2,1-3H3. The monoisotopic (exact) mass is 310 g/mol. The fourth-order valence-corrected chi connectivity index (χ4v) is 2.83. The Morgan fingerprint density at radius 2 is 1.78 bits per heavy atom. The molecule has 0 bridgehead atoms. The number of anilines is 1. The number of benzene rings is 2. The minimum Gasteiger partial charge on any atom is -0.493 e. The highest BCUT2D eigenvalue weighted by Gasteiger charge is 2.14. The summed E-state index contributed by atoms with van der Waals surface area (Å²) in [6.07, 6.45) is 2.13. The molecule has 4 heteroatoms. The SMILES string of the molecule is COc1ccccc1OCc1cn(C(C)C)c2c(N)cccc12. The van der Waals surface area contributed by atoms with Gasteiger partial charge in [-0.3, -0.25) is 0 Å². The predicted molar refractivity (Wildman–Crippen MR) is 94.1 cm³/mol. The van der Waals surface area contributed by atoms with Crippen molar-refractivity contribution in [2.45, 2.75) is 26.5 Å². The summed E-state index contributed by atoms with van der Waals surface area (Å²) in [5.74, 6) is 1.48. The lowest BCUT2D eigenvalue weighted by molar-refractivity contribution is 0.285. The van der Waals surface area contributed by atoms with Crippen LogP contribution in [-0.2, 0) is 6.61 Å². The summed E-state index contributed by atoms with van der Waals surface area (Å²) in [5, 5.41) is 1.13. The van der Waals surface area contributed by atoms with Crippen LogP contribution < -0.4 is 15.2 Å². The third-order valence-corrected chi connectivity index (χ3v) is 3.97. The second-order valence-corrected chi connectivity index (χ2v) is 5.84. The van der Waals surface area contributed by atoms with Crippen LogP contribution in [0.1, 0.15) is 25.5 Å². The van der Waals surface area contributed by atoms with Crippen molar-refractivity contribution < 1.29 is 9.47 Å². The molecule has 0 saturated carbocycles. The Hall–Kier alpha value is -2.62. The van der Waals surface area contributed by atoms with Crippen LogP contribution >= 0.6 is 0 Å². The summed E-state index contributed by atoms with van der Waals surface area (Å²) in [5.41, 5.74) is 9.16. The Kier molecular flexibility index (Phi) is 4.15. The molecule has 3 aromatic rings. The Bertz CT molecular complexity index is 821. The number of aromatic nitrogens is 1. The zero-order chi connectivity index (χ0) is 16.4. The molecule has 0 aliphatic carbocycles. The molecule has 1 heterocycles. The highest BCUT2D eigenvalue weighted by atomic mass is 16.5. The second-order valence-electron chi connectivity index (χ2n) is 5.84. The molecule has 0 spiro atoms. The number of nitrogens with two attached hydrogens (primary N) is 1. The third-order valence-electron chi connectivity index (χ3n) is 3.97. The first kappa shape index (κ1) is 15.3. The molecule has 23 heavy (non-hydrogen) atoms. The van der Waals surface area contributed by atoms with Gasteiger partial charge in [0.25, 0.3) is 0 Å². The molecular formula is C19H22N2O2. The van der Waals surface area contributed by atoms with E-state index in [4.69, 9.17) is 15.2 Å². The molecule has 0 aliphatic rings. The molecule has 0 unspecified atom stereocenters. The number of methoxy groups -OCH3 is 1. The zero-order valence-corrected chi connectivity index (χ0v) is 13.7. The largest absolute Gasteiger partial charge is 0.493 e. The first-order valence-corrected chi connectivity index (χ1v) is 7.75. The van der Waals surface area contributed by atoms with Crippen molar-refractivity contribution in [3.63, 3.8) is 0 Å². The van der Waals surface area contributed by atoms with Gasteiger partial charge in [0.05, 0.1) is 18.3 Å². The van der Waals surface area contributed by atoms with Crippen molar-refractivity contribution in [2.75, 3.05) is 12.8 Å². The van der Waals surface area contributed by atoms with E-state index in [2.05, 4.69) is 30.7 Å². The van der Waals surface area contributed by atoms with Gasteiger partial charge in [-0.25, -0.2) is 0 Å². The molecule has 0 amide bonds. The summed E-state index contributed by atoms with van der Waals surface area (Å²) in [7, 11) is 1.65. The Morgan fingerprint density at radius 1 is 1.04 bits per heavy atom. The number of para-hydroxylation sites is 3. The van der Waals surface area contributed by atoms with E-state index in [1.165, 1.54) is 0 Å². The number of hydrogen-bond acceptors (Lipinski definition) is 3. The van der Waals surface area contributed by atoms with Crippen LogP contribution in [0.4, 0.5) is 5.69 Å². The van der Waals surface area contributed by atoms with Crippen LogP contribution in [0.25, 0.3) is 10.9 Å². The van der Waals surface area contributed by atoms with Gasteiger partial charge in [-0.1, -0.05) is 24.3 Å². The maximum Gasteiger partial charge on any atom is 0.161 e. The molecule has 0 fully saturated rings. The maximum absolute atomic E-state index is 6.18. The van der Waals surface area contributed by atoms with Crippen LogP contribution in [0, 0.1) is 0 Å². The molecule has 0 radical (unpaired) electrons. The lowest BCUT2D eigenvalue weighted by Gasteiger charge is -2.10. The van der Waals surface area contributed by atoms with Gasteiger partial charge in [0, 0.05) is 23.2 Å². The molecule has 4 nitrogen and oxygen atoms in total. The number of ether oxygens (including phenoxy) is 2. The van der Waals surface area contributed by atoms with Crippen LogP contribution in [0.2, 0.25) is 0 Å². The van der Waals surface area contributed by atoms with Crippen molar-refractivity contribution in [3.8, 4) is 11.5 Å². The molecule has 0 aliphatic heterocycles. The second kappa shape index (κ2) is 6.24. The Balaban J connectivity index is 1.96. The molecule has 120 valence electrons. The average molecular weight is 310 g/mol. The van der Waals surface area contributed by atoms with Gasteiger partial charge < -0.3 is 19.8 Å².